The molecule has 1 saturated heterocycles. The van der Waals surface area contributed by atoms with Crippen molar-refractivity contribution < 1.29 is 9.18 Å². The first-order chi connectivity index (χ1) is 18.5. The van der Waals surface area contributed by atoms with E-state index in [-0.39, 0.29) is 17.9 Å². The van der Waals surface area contributed by atoms with E-state index in [1.54, 1.807) is 23.9 Å². The zero-order valence-electron chi connectivity index (χ0n) is 22.2. The number of benzene rings is 2. The van der Waals surface area contributed by atoms with Gasteiger partial charge >= 0.3 is 6.03 Å². The molecule has 5 rings (SSSR count). The summed E-state index contributed by atoms with van der Waals surface area (Å²) in [6.07, 6.45) is 9.19. The molecule has 2 N–H and O–H groups in total. The summed E-state index contributed by atoms with van der Waals surface area (Å²) in [4.78, 5) is 15.5. The predicted molar refractivity (Wildman–Crippen MR) is 146 cm³/mol. The monoisotopic (exact) mass is 519 g/mol. The highest BCUT2D eigenvalue weighted by Gasteiger charge is 2.30. The van der Waals surface area contributed by atoms with Crippen LogP contribution in [-0.2, 0) is 13.5 Å². The summed E-state index contributed by atoms with van der Waals surface area (Å²) in [6, 6.07) is 14.5. The molecular formula is C29H38FN7O. The first kappa shape index (κ1) is 26.3. The number of rotatable bonds is 8. The van der Waals surface area contributed by atoms with E-state index in [1.165, 1.54) is 24.8 Å². The second-order valence-electron chi connectivity index (χ2n) is 10.9. The number of nitrogens with one attached hydrogen (secondary N) is 2. The highest BCUT2D eigenvalue weighted by molar-refractivity contribution is 5.89. The molecule has 0 radical (unpaired) electrons. The summed E-state index contributed by atoms with van der Waals surface area (Å²) in [5.74, 6) is 1.65. The van der Waals surface area contributed by atoms with Crippen LogP contribution in [0.3, 0.4) is 0 Å². The van der Waals surface area contributed by atoms with Crippen LogP contribution in [0.4, 0.5) is 14.9 Å². The minimum absolute atomic E-state index is 0.147. The normalized spacial score (nSPS) is 22.2. The van der Waals surface area contributed by atoms with Crippen LogP contribution in [0.15, 0.2) is 48.5 Å². The standard InChI is InChI=1S/C29H38FN7O/c1-36-28(33-34-35-36)23-12-16-26(17-13-23)31-29(38)32-27-7-3-2-6-24(27)20-37-18-4-5-22(19-37)9-8-21-10-14-25(30)15-11-21/h10-17,22,24,27H,2-9,18-20H2,1H3,(H2,31,32,38)/t22-,24-,27+/m0/s1. The summed E-state index contributed by atoms with van der Waals surface area (Å²) in [5, 5.41) is 17.8. The molecule has 202 valence electrons. The summed E-state index contributed by atoms with van der Waals surface area (Å²) >= 11 is 0. The Morgan fingerprint density at radius 3 is 2.58 bits per heavy atom. The van der Waals surface area contributed by atoms with Gasteiger partial charge in [0.2, 0.25) is 0 Å². The second kappa shape index (κ2) is 12.5. The summed E-state index contributed by atoms with van der Waals surface area (Å²) in [7, 11) is 1.80. The number of amides is 2. The highest BCUT2D eigenvalue weighted by Crippen LogP contribution is 2.29. The fourth-order valence-corrected chi connectivity index (χ4v) is 6.03. The molecular weight excluding hydrogens is 481 g/mol. The van der Waals surface area contributed by atoms with Crippen LogP contribution >= 0.6 is 0 Å². The van der Waals surface area contributed by atoms with Crippen LogP contribution in [0.2, 0.25) is 0 Å². The molecule has 9 heteroatoms. The minimum Gasteiger partial charge on any atom is -0.335 e. The van der Waals surface area contributed by atoms with E-state index in [0.29, 0.717) is 17.7 Å². The van der Waals surface area contributed by atoms with Crippen molar-refractivity contribution >= 4 is 11.7 Å². The van der Waals surface area contributed by atoms with Crippen molar-refractivity contribution in [1.29, 1.82) is 0 Å². The van der Waals surface area contributed by atoms with Crippen LogP contribution in [0.25, 0.3) is 11.4 Å². The number of urea groups is 1. The van der Waals surface area contributed by atoms with Crippen LogP contribution in [0.1, 0.15) is 50.5 Å². The number of piperidine rings is 1. The number of carbonyl (C=O) groups is 1. The summed E-state index contributed by atoms with van der Waals surface area (Å²) < 4.78 is 14.8. The van der Waals surface area contributed by atoms with Crippen molar-refractivity contribution in [3.05, 3.63) is 59.9 Å². The third-order valence-electron chi connectivity index (χ3n) is 8.10. The van der Waals surface area contributed by atoms with Gasteiger partial charge in [0.25, 0.3) is 0 Å². The average Bonchev–Trinajstić information content (AvgIpc) is 3.36. The number of aryl methyl sites for hydroxylation is 2. The number of hydrogen-bond acceptors (Lipinski definition) is 5. The van der Waals surface area contributed by atoms with Gasteiger partial charge in [-0.3, -0.25) is 0 Å². The molecule has 1 aliphatic heterocycles. The Balaban J connectivity index is 1.11. The lowest BCUT2D eigenvalue weighted by molar-refractivity contribution is 0.120. The van der Waals surface area contributed by atoms with Crippen LogP contribution in [-0.4, -0.2) is 56.8 Å². The topological polar surface area (TPSA) is 88.0 Å². The molecule has 2 amide bonds. The number of nitrogens with zero attached hydrogens (tertiary/aromatic N) is 5. The number of tetrazole rings is 1. The Morgan fingerprint density at radius 1 is 1.03 bits per heavy atom. The molecule has 2 fully saturated rings. The molecule has 2 heterocycles. The average molecular weight is 520 g/mol. The molecule has 1 aromatic heterocycles. The van der Waals surface area contributed by atoms with Gasteiger partial charge in [0.15, 0.2) is 5.82 Å². The van der Waals surface area contributed by atoms with E-state index in [1.807, 2.05) is 36.4 Å². The van der Waals surface area contributed by atoms with Crippen molar-refractivity contribution in [1.82, 2.24) is 30.4 Å². The van der Waals surface area contributed by atoms with Crippen molar-refractivity contribution in [2.75, 3.05) is 25.0 Å². The largest absolute Gasteiger partial charge is 0.335 e. The Labute approximate surface area is 224 Å². The van der Waals surface area contributed by atoms with Gasteiger partial charge < -0.3 is 15.5 Å². The SMILES string of the molecule is Cn1nnnc1-c1ccc(NC(=O)N[C@@H]2CCCC[C@H]2CN2CCC[C@@H](CCc3ccc(F)cc3)C2)cc1. The van der Waals surface area contributed by atoms with Gasteiger partial charge in [-0.2, -0.15) is 0 Å². The lowest BCUT2D eigenvalue weighted by atomic mass is 9.83. The van der Waals surface area contributed by atoms with Crippen LogP contribution in [0, 0.1) is 17.7 Å². The molecule has 38 heavy (non-hydrogen) atoms. The molecule has 0 bridgehead atoms. The van der Waals surface area contributed by atoms with Gasteiger partial charge in [-0.1, -0.05) is 25.0 Å². The smallest absolute Gasteiger partial charge is 0.319 e. The summed E-state index contributed by atoms with van der Waals surface area (Å²) in [5.41, 5.74) is 2.86. The molecule has 0 spiro atoms. The van der Waals surface area contributed by atoms with E-state index in [4.69, 9.17) is 0 Å². The number of anilines is 1. The van der Waals surface area contributed by atoms with Gasteiger partial charge in [0, 0.05) is 37.4 Å². The molecule has 1 saturated carbocycles. The predicted octanol–water partition coefficient (Wildman–Crippen LogP) is 5.04. The number of carbonyl (C=O) groups excluding carboxylic acids is 1. The zero-order chi connectivity index (χ0) is 26.3. The van der Waals surface area contributed by atoms with Gasteiger partial charge in [-0.15, -0.1) is 5.10 Å². The lowest BCUT2D eigenvalue weighted by Gasteiger charge is -2.39. The first-order valence-corrected chi connectivity index (χ1v) is 13.9. The molecule has 1 aliphatic carbocycles. The van der Waals surface area contributed by atoms with Gasteiger partial charge in [-0.05, 0) is 109 Å². The van der Waals surface area contributed by atoms with E-state index < -0.39 is 0 Å². The third kappa shape index (κ3) is 6.95. The molecule has 2 aromatic carbocycles. The van der Waals surface area contributed by atoms with E-state index in [9.17, 15) is 9.18 Å². The molecule has 3 aromatic rings. The number of aromatic nitrogens is 4. The van der Waals surface area contributed by atoms with Gasteiger partial charge in [-0.25, -0.2) is 13.9 Å². The number of hydrogen-bond donors (Lipinski definition) is 2. The van der Waals surface area contributed by atoms with Crippen molar-refractivity contribution in [3.63, 3.8) is 0 Å². The van der Waals surface area contributed by atoms with Gasteiger partial charge in [0.05, 0.1) is 0 Å². The van der Waals surface area contributed by atoms with Crippen molar-refractivity contribution in [2.45, 2.75) is 57.4 Å². The second-order valence-corrected chi connectivity index (χ2v) is 10.9. The Hall–Kier alpha value is -3.33. The maximum absolute atomic E-state index is 13.2. The lowest BCUT2D eigenvalue weighted by Crippen LogP contribution is -2.49. The Bertz CT molecular complexity index is 1180. The van der Waals surface area contributed by atoms with Crippen LogP contribution in [0.5, 0.6) is 0 Å². The van der Waals surface area contributed by atoms with E-state index >= 15 is 0 Å². The first-order valence-electron chi connectivity index (χ1n) is 13.9. The van der Waals surface area contributed by atoms with E-state index in [0.717, 1.165) is 63.0 Å². The fourth-order valence-electron chi connectivity index (χ4n) is 6.03. The van der Waals surface area contributed by atoms with Crippen LogP contribution < -0.4 is 10.6 Å². The number of likely N-dealkylation sites (tertiary alicyclic amines) is 1. The minimum atomic E-state index is -0.170. The quantitative estimate of drug-likeness (QED) is 0.435. The fraction of sp³-hybridized carbons (Fsp3) is 0.517. The molecule has 2 aliphatic rings. The molecule has 8 nitrogen and oxygen atoms in total. The zero-order valence-corrected chi connectivity index (χ0v) is 22.2. The third-order valence-corrected chi connectivity index (χ3v) is 8.10. The maximum Gasteiger partial charge on any atom is 0.319 e. The molecule has 3 atom stereocenters. The van der Waals surface area contributed by atoms with Crippen molar-refractivity contribution in [2.24, 2.45) is 18.9 Å². The van der Waals surface area contributed by atoms with Gasteiger partial charge in [0.1, 0.15) is 5.82 Å². The van der Waals surface area contributed by atoms with E-state index in [2.05, 4.69) is 31.1 Å². The Kier molecular flexibility index (Phi) is 8.63. The maximum atomic E-state index is 13.2. The highest BCUT2D eigenvalue weighted by atomic mass is 19.1. The summed E-state index contributed by atoms with van der Waals surface area (Å²) in [6.45, 7) is 3.29. The Morgan fingerprint density at radius 2 is 1.82 bits per heavy atom. The number of halogens is 1. The molecule has 0 unspecified atom stereocenters. The van der Waals surface area contributed by atoms with Crippen molar-refractivity contribution in [3.8, 4) is 11.4 Å².